The van der Waals surface area contributed by atoms with Crippen molar-refractivity contribution < 1.29 is 14.5 Å². The van der Waals surface area contributed by atoms with Crippen LogP contribution in [0.3, 0.4) is 0 Å². The zero-order valence-electron chi connectivity index (χ0n) is 20.8. The predicted octanol–water partition coefficient (Wildman–Crippen LogP) is 5.48. The van der Waals surface area contributed by atoms with Gasteiger partial charge in [0.2, 0.25) is 0 Å². The normalized spacial score (nSPS) is 16.6. The molecule has 0 bridgehead atoms. The number of benzene rings is 3. The zero-order chi connectivity index (χ0) is 25.7. The van der Waals surface area contributed by atoms with Gasteiger partial charge in [-0.25, -0.2) is 0 Å². The second-order valence-corrected chi connectivity index (χ2v) is 9.19. The number of piperazine rings is 1. The number of nitrogens with one attached hydrogen (secondary N) is 1. The molecule has 1 fully saturated rings. The summed E-state index contributed by atoms with van der Waals surface area (Å²) < 4.78 is 6.15. The number of amides is 1. The molecule has 0 radical (unpaired) electrons. The Morgan fingerprint density at radius 3 is 2.31 bits per heavy atom. The van der Waals surface area contributed by atoms with Gasteiger partial charge in [0.05, 0.1) is 17.6 Å². The largest absolute Gasteiger partial charge is 0.373 e. The lowest BCUT2D eigenvalue weighted by Gasteiger charge is -2.42. The van der Waals surface area contributed by atoms with Crippen LogP contribution in [-0.4, -0.2) is 47.7 Å². The molecule has 1 heterocycles. The lowest BCUT2D eigenvalue weighted by atomic mass is 10.1. The molecule has 1 N–H and O–H groups in total. The number of carbonyl (C=O) groups excluding carboxylic acids is 1. The Morgan fingerprint density at radius 2 is 1.67 bits per heavy atom. The maximum Gasteiger partial charge on any atom is 0.292 e. The van der Waals surface area contributed by atoms with E-state index in [1.165, 1.54) is 6.07 Å². The van der Waals surface area contributed by atoms with E-state index in [4.69, 9.17) is 4.74 Å². The van der Waals surface area contributed by atoms with E-state index < -0.39 is 6.23 Å². The van der Waals surface area contributed by atoms with Crippen LogP contribution in [0.15, 0.2) is 78.9 Å². The maximum atomic E-state index is 13.2. The van der Waals surface area contributed by atoms with Crippen molar-refractivity contribution in [2.24, 2.45) is 0 Å². The first kappa shape index (κ1) is 25.2. The number of carbonyl (C=O) groups is 1. The van der Waals surface area contributed by atoms with E-state index >= 15 is 0 Å². The van der Waals surface area contributed by atoms with Crippen molar-refractivity contribution in [3.05, 3.63) is 100 Å². The molecule has 1 aliphatic heterocycles. The number of nitrogens with zero attached hydrogens (tertiary/aromatic N) is 3. The summed E-state index contributed by atoms with van der Waals surface area (Å²) in [6, 6.07) is 24.0. The number of nitro groups is 1. The third-order valence-electron chi connectivity index (χ3n) is 6.26. The van der Waals surface area contributed by atoms with Gasteiger partial charge in [-0.3, -0.25) is 14.9 Å². The lowest BCUT2D eigenvalue weighted by molar-refractivity contribution is -0.384. The average Bonchev–Trinajstić information content (AvgIpc) is 2.88. The number of ether oxygens (including phenoxy) is 1. The van der Waals surface area contributed by atoms with E-state index in [-0.39, 0.29) is 28.7 Å². The van der Waals surface area contributed by atoms with Gasteiger partial charge in [0.25, 0.3) is 11.6 Å². The minimum Gasteiger partial charge on any atom is -0.373 e. The highest BCUT2D eigenvalue weighted by Gasteiger charge is 2.33. The molecule has 8 nitrogen and oxygen atoms in total. The fraction of sp³-hybridized carbons (Fsp3) is 0.321. The fourth-order valence-corrected chi connectivity index (χ4v) is 4.45. The van der Waals surface area contributed by atoms with Crippen molar-refractivity contribution in [3.8, 4) is 0 Å². The van der Waals surface area contributed by atoms with Gasteiger partial charge < -0.3 is 19.9 Å². The fourth-order valence-electron chi connectivity index (χ4n) is 4.45. The summed E-state index contributed by atoms with van der Waals surface area (Å²) in [4.78, 5) is 28.5. The standard InChI is InChI=1S/C28H32N4O4/c1-20(2)36-27-19-30(16-17-31(27)28(33)23-12-8-5-9-13-23)24-14-15-26(32(34)35)25(18-24)29-21(3)22-10-6-4-7-11-22/h4-15,18,20-21,27,29H,16-17,19H2,1-3H3. The Balaban J connectivity index is 1.57. The topological polar surface area (TPSA) is 87.9 Å². The summed E-state index contributed by atoms with van der Waals surface area (Å²) in [5.41, 5.74) is 2.98. The average molecular weight is 489 g/mol. The van der Waals surface area contributed by atoms with Crippen LogP contribution >= 0.6 is 0 Å². The summed E-state index contributed by atoms with van der Waals surface area (Å²) in [6.07, 6.45) is -0.511. The van der Waals surface area contributed by atoms with Crippen LogP contribution in [0.2, 0.25) is 0 Å². The van der Waals surface area contributed by atoms with Gasteiger partial charge in [-0.15, -0.1) is 0 Å². The molecule has 0 aromatic heterocycles. The minimum absolute atomic E-state index is 0.0226. The zero-order valence-corrected chi connectivity index (χ0v) is 20.8. The molecular weight excluding hydrogens is 456 g/mol. The molecule has 0 aliphatic carbocycles. The van der Waals surface area contributed by atoms with Crippen LogP contribution in [0.5, 0.6) is 0 Å². The molecule has 36 heavy (non-hydrogen) atoms. The molecular formula is C28H32N4O4. The van der Waals surface area contributed by atoms with Gasteiger partial charge in [-0.1, -0.05) is 48.5 Å². The van der Waals surface area contributed by atoms with Crippen LogP contribution in [0.4, 0.5) is 17.1 Å². The van der Waals surface area contributed by atoms with Crippen molar-refractivity contribution in [1.29, 1.82) is 0 Å². The Bertz CT molecular complexity index is 1190. The van der Waals surface area contributed by atoms with Gasteiger partial charge in [-0.05, 0) is 50.6 Å². The van der Waals surface area contributed by atoms with Gasteiger partial charge in [0, 0.05) is 36.4 Å². The predicted molar refractivity (Wildman–Crippen MR) is 141 cm³/mol. The molecule has 2 unspecified atom stereocenters. The van der Waals surface area contributed by atoms with E-state index in [9.17, 15) is 14.9 Å². The lowest BCUT2D eigenvalue weighted by Crippen LogP contribution is -2.57. The van der Waals surface area contributed by atoms with Crippen molar-refractivity contribution in [2.45, 2.75) is 39.1 Å². The number of nitro benzene ring substituents is 1. The van der Waals surface area contributed by atoms with Crippen molar-refractivity contribution in [3.63, 3.8) is 0 Å². The Morgan fingerprint density at radius 1 is 1.00 bits per heavy atom. The Labute approximate surface area is 211 Å². The van der Waals surface area contributed by atoms with E-state index in [1.807, 2.05) is 87.5 Å². The van der Waals surface area contributed by atoms with Crippen molar-refractivity contribution in [1.82, 2.24) is 4.90 Å². The highest BCUT2D eigenvalue weighted by molar-refractivity contribution is 5.94. The number of anilines is 2. The Kier molecular flexibility index (Phi) is 7.85. The van der Waals surface area contributed by atoms with Crippen LogP contribution in [0, 0.1) is 10.1 Å². The molecule has 1 aliphatic rings. The third-order valence-corrected chi connectivity index (χ3v) is 6.26. The van der Waals surface area contributed by atoms with E-state index in [2.05, 4.69) is 10.2 Å². The van der Waals surface area contributed by atoms with Crippen molar-refractivity contribution in [2.75, 3.05) is 29.9 Å². The molecule has 4 rings (SSSR count). The van der Waals surface area contributed by atoms with Gasteiger partial charge in [0.1, 0.15) is 5.69 Å². The maximum absolute atomic E-state index is 13.2. The quantitative estimate of drug-likeness (QED) is 0.334. The smallest absolute Gasteiger partial charge is 0.292 e. The molecule has 3 aromatic carbocycles. The first-order valence-corrected chi connectivity index (χ1v) is 12.2. The summed E-state index contributed by atoms with van der Waals surface area (Å²) in [5, 5.41) is 15.1. The number of hydrogen-bond acceptors (Lipinski definition) is 6. The molecule has 8 heteroatoms. The highest BCUT2D eigenvalue weighted by atomic mass is 16.6. The molecule has 1 amide bonds. The third kappa shape index (κ3) is 5.83. The SMILES string of the molecule is CC(C)OC1CN(c2ccc([N+](=O)[O-])c(NC(C)c3ccccc3)c2)CCN1C(=O)c1ccccc1. The van der Waals surface area contributed by atoms with Crippen LogP contribution in [-0.2, 0) is 4.74 Å². The first-order valence-electron chi connectivity index (χ1n) is 12.2. The molecule has 0 spiro atoms. The molecule has 1 saturated heterocycles. The van der Waals surface area contributed by atoms with Crippen LogP contribution in [0.1, 0.15) is 42.7 Å². The number of rotatable bonds is 8. The number of hydrogen-bond donors (Lipinski definition) is 1. The first-order chi connectivity index (χ1) is 17.3. The summed E-state index contributed by atoms with van der Waals surface area (Å²) >= 11 is 0. The van der Waals surface area contributed by atoms with E-state index in [0.717, 1.165) is 11.3 Å². The van der Waals surface area contributed by atoms with Gasteiger partial charge in [-0.2, -0.15) is 0 Å². The molecule has 188 valence electrons. The second kappa shape index (κ2) is 11.2. The van der Waals surface area contributed by atoms with E-state index in [1.54, 1.807) is 11.0 Å². The minimum atomic E-state index is -0.443. The highest BCUT2D eigenvalue weighted by Crippen LogP contribution is 2.33. The van der Waals surface area contributed by atoms with Gasteiger partial charge in [0.15, 0.2) is 6.23 Å². The molecule has 3 aromatic rings. The van der Waals surface area contributed by atoms with Crippen LogP contribution in [0.25, 0.3) is 0 Å². The summed E-state index contributed by atoms with van der Waals surface area (Å²) in [5.74, 6) is -0.0661. The second-order valence-electron chi connectivity index (χ2n) is 9.19. The monoisotopic (exact) mass is 488 g/mol. The summed E-state index contributed by atoms with van der Waals surface area (Å²) in [7, 11) is 0. The summed E-state index contributed by atoms with van der Waals surface area (Å²) in [6.45, 7) is 7.40. The van der Waals surface area contributed by atoms with Crippen molar-refractivity contribution >= 4 is 23.0 Å². The molecule has 2 atom stereocenters. The Hall–Kier alpha value is -3.91. The van der Waals surface area contributed by atoms with E-state index in [0.29, 0.717) is 30.9 Å². The van der Waals surface area contributed by atoms with Crippen LogP contribution < -0.4 is 10.2 Å². The van der Waals surface area contributed by atoms with Gasteiger partial charge >= 0.3 is 0 Å². The molecule has 0 saturated carbocycles.